The number of fused-ring (bicyclic) bond motifs is 12. The van der Waals surface area contributed by atoms with Crippen molar-refractivity contribution in [1.29, 1.82) is 10.5 Å². The molecule has 6 nitrogen and oxygen atoms in total. The van der Waals surface area contributed by atoms with Crippen LogP contribution in [0.15, 0.2) is 201 Å². The van der Waals surface area contributed by atoms with Crippen LogP contribution in [-0.2, 0) is 0 Å². The lowest BCUT2D eigenvalue weighted by molar-refractivity contribution is 0.668. The van der Waals surface area contributed by atoms with Gasteiger partial charge in [-0.25, -0.2) is 0 Å². The van der Waals surface area contributed by atoms with E-state index in [1.54, 1.807) is 12.1 Å². The zero-order chi connectivity index (χ0) is 42.2. The summed E-state index contributed by atoms with van der Waals surface area (Å²) >= 11 is 3.43. The first-order chi connectivity index (χ1) is 31.0. The molecule has 0 radical (unpaired) electrons. The molecule has 0 fully saturated rings. The highest BCUT2D eigenvalue weighted by Crippen LogP contribution is 2.40. The van der Waals surface area contributed by atoms with Crippen LogP contribution < -0.4 is 0 Å². The molecule has 0 bridgehead atoms. The molecule has 0 aliphatic heterocycles. The molecule has 7 heteroatoms. The Labute approximate surface area is 377 Å². The fourth-order valence-corrected chi connectivity index (χ4v) is 9.59. The van der Waals surface area contributed by atoms with Gasteiger partial charge in [0.05, 0.1) is 45.3 Å². The molecule has 306 valence electrons. The molecule has 0 N–H and O–H groups in total. The molecule has 0 saturated heterocycles. The lowest BCUT2D eigenvalue weighted by atomic mass is 10.0. The molecule has 13 aromatic rings. The topological polar surface area (TPSA) is 83.7 Å². The summed E-state index contributed by atoms with van der Waals surface area (Å²) in [7, 11) is 0. The molecule has 0 atom stereocenters. The van der Waals surface area contributed by atoms with Crippen molar-refractivity contribution in [2.24, 2.45) is 0 Å². The Morgan fingerprint density at radius 2 is 0.810 bits per heavy atom. The zero-order valence-electron chi connectivity index (χ0n) is 33.4. The quantitative estimate of drug-likeness (QED) is 0.177. The van der Waals surface area contributed by atoms with Crippen molar-refractivity contribution in [3.05, 3.63) is 204 Å². The molecule has 4 aromatic heterocycles. The molecule has 0 aliphatic rings. The molecule has 9 aromatic carbocycles. The maximum atomic E-state index is 9.51. The van der Waals surface area contributed by atoms with Crippen LogP contribution in [0.3, 0.4) is 0 Å². The summed E-state index contributed by atoms with van der Waals surface area (Å²) in [5.41, 5.74) is 13.8. The number of halogens is 1. The lowest BCUT2D eigenvalue weighted by Crippen LogP contribution is -1.93. The van der Waals surface area contributed by atoms with E-state index >= 15 is 0 Å². The van der Waals surface area contributed by atoms with Crippen LogP contribution in [-0.4, -0.2) is 9.13 Å². The Morgan fingerprint density at radius 3 is 1.37 bits per heavy atom. The summed E-state index contributed by atoms with van der Waals surface area (Å²) in [6.45, 7) is 0. The van der Waals surface area contributed by atoms with E-state index in [0.717, 1.165) is 70.8 Å². The largest absolute Gasteiger partial charge is 0.456 e. The maximum Gasteiger partial charge on any atom is 0.135 e. The van der Waals surface area contributed by atoms with E-state index in [2.05, 4.69) is 165 Å². The van der Waals surface area contributed by atoms with Gasteiger partial charge >= 0.3 is 0 Å². The van der Waals surface area contributed by atoms with Crippen molar-refractivity contribution < 1.29 is 17.4 Å². The van der Waals surface area contributed by atoms with Gasteiger partial charge in [0.15, 0.2) is 0 Å². The average molecular weight is 884 g/mol. The van der Waals surface area contributed by atoms with E-state index < -0.39 is 0 Å². The van der Waals surface area contributed by atoms with Crippen LogP contribution >= 0.6 is 15.9 Å². The number of hydrogen-bond donors (Lipinski definition) is 0. The highest BCUT2D eigenvalue weighted by Gasteiger charge is 2.17. The monoisotopic (exact) mass is 882 g/mol. The average Bonchev–Trinajstić information content (AvgIpc) is 4.08. The maximum absolute atomic E-state index is 9.51. The number of hydrogen-bond acceptors (Lipinski definition) is 4. The summed E-state index contributed by atoms with van der Waals surface area (Å²) in [6.07, 6.45) is 0. The first-order valence-electron chi connectivity index (χ1n) is 20.5. The summed E-state index contributed by atoms with van der Waals surface area (Å²) < 4.78 is 17.5. The van der Waals surface area contributed by atoms with Gasteiger partial charge in [-0.3, -0.25) is 0 Å². The number of rotatable bonds is 3. The predicted octanol–water partition coefficient (Wildman–Crippen LogP) is 17.0. The van der Waals surface area contributed by atoms with Gasteiger partial charge in [-0.15, -0.1) is 0 Å². The van der Waals surface area contributed by atoms with Gasteiger partial charge in [0.1, 0.15) is 22.3 Å². The smallest absolute Gasteiger partial charge is 0.135 e. The van der Waals surface area contributed by atoms with Gasteiger partial charge in [0.2, 0.25) is 0 Å². The van der Waals surface area contributed by atoms with E-state index in [1.165, 1.54) is 43.7 Å². The Kier molecular flexibility index (Phi) is 8.33. The second kappa shape index (κ2) is 14.4. The fourth-order valence-electron chi connectivity index (χ4n) is 9.23. The number of para-hydroxylation sites is 3. The van der Waals surface area contributed by atoms with Crippen molar-refractivity contribution >= 4 is 103 Å². The van der Waals surface area contributed by atoms with Gasteiger partial charge in [-0.1, -0.05) is 82.7 Å². The highest BCUT2D eigenvalue weighted by molar-refractivity contribution is 9.10. The van der Waals surface area contributed by atoms with E-state index in [1.807, 2.05) is 48.5 Å². The van der Waals surface area contributed by atoms with Crippen LogP contribution in [0, 0.1) is 22.7 Å². The molecule has 63 heavy (non-hydrogen) atoms. The SMILES string of the molecule is N#Cc1ccc2oc3ccc(-n4c5ccccc5c5cc(-c6ccc7c(c6)c6ccccc6n7-c6ccccc6)ccc54)cc3c2c1.N#Cc1ccc2oc3ccc(Br)cc3c2c1.[HH].[HH].[HH].[HH].[HH].[HH]. The predicted molar refractivity (Wildman–Crippen MR) is 271 cm³/mol. The van der Waals surface area contributed by atoms with Crippen LogP contribution in [0.5, 0.6) is 0 Å². The van der Waals surface area contributed by atoms with Gasteiger partial charge in [-0.2, -0.15) is 10.5 Å². The second-order valence-corrected chi connectivity index (χ2v) is 16.6. The molecular formula is C56H43BrN4O2. The Hall–Kier alpha value is -8.36. The molecule has 0 saturated carbocycles. The third-order valence-electron chi connectivity index (χ3n) is 12.1. The third-order valence-corrected chi connectivity index (χ3v) is 12.6. The van der Waals surface area contributed by atoms with Gasteiger partial charge in [-0.05, 0) is 132 Å². The zero-order valence-corrected chi connectivity index (χ0v) is 35.0. The van der Waals surface area contributed by atoms with Crippen molar-refractivity contribution in [2.75, 3.05) is 0 Å². The minimum atomic E-state index is 0. The standard InChI is InChI=1S/C43H25N3O.C13H6BrNO.6H2/c44-26-27-14-20-42-36(22-27)37-25-31(17-21-43(37)47-42)46-39-13-7-5-11-33(39)35-24-29(16-19-41(35)46)28-15-18-40-34(23-28)32-10-4-6-12-38(32)45(40)30-8-2-1-3-9-30;14-9-2-4-13-11(6-9)10-5-8(7-15)1-3-12(10)16-13;;;;;;/h1-25H;1-6H;6*1H. The summed E-state index contributed by atoms with van der Waals surface area (Å²) in [5.74, 6) is 0. The van der Waals surface area contributed by atoms with Crippen molar-refractivity contribution in [3.63, 3.8) is 0 Å². The number of benzene rings is 9. The Bertz CT molecular complexity index is 4110. The van der Waals surface area contributed by atoms with Crippen LogP contribution in [0.2, 0.25) is 0 Å². The van der Waals surface area contributed by atoms with E-state index in [4.69, 9.17) is 14.1 Å². The molecule has 13 rings (SSSR count). The lowest BCUT2D eigenvalue weighted by Gasteiger charge is -2.09. The number of furan rings is 2. The van der Waals surface area contributed by atoms with E-state index in [9.17, 15) is 5.26 Å². The number of nitriles is 2. The van der Waals surface area contributed by atoms with Crippen LogP contribution in [0.1, 0.15) is 19.7 Å². The van der Waals surface area contributed by atoms with Gasteiger partial charge in [0.25, 0.3) is 0 Å². The Morgan fingerprint density at radius 1 is 0.365 bits per heavy atom. The summed E-state index contributed by atoms with van der Waals surface area (Å²) in [6, 6.07) is 69.1. The minimum Gasteiger partial charge on any atom is -0.456 e. The number of aromatic nitrogens is 2. The van der Waals surface area contributed by atoms with Gasteiger partial charge in [0, 0.05) is 67.5 Å². The molecule has 0 spiro atoms. The number of nitrogens with zero attached hydrogens (tertiary/aromatic N) is 4. The first-order valence-corrected chi connectivity index (χ1v) is 21.3. The molecule has 4 heterocycles. The third kappa shape index (κ3) is 5.90. The van der Waals surface area contributed by atoms with E-state index in [0.29, 0.717) is 11.1 Å². The van der Waals surface area contributed by atoms with Crippen LogP contribution in [0.25, 0.3) is 110 Å². The fraction of sp³-hybridized carbons (Fsp3) is 0. The normalized spacial score (nSPS) is 11.5. The van der Waals surface area contributed by atoms with Gasteiger partial charge < -0.3 is 18.0 Å². The second-order valence-electron chi connectivity index (χ2n) is 15.7. The molecule has 0 aliphatic carbocycles. The van der Waals surface area contributed by atoms with Crippen LogP contribution in [0.4, 0.5) is 0 Å². The molecular weight excluding hydrogens is 841 g/mol. The van der Waals surface area contributed by atoms with Crippen molar-refractivity contribution in [1.82, 2.24) is 9.13 Å². The Balaban J connectivity index is 0.000000305. The summed E-state index contributed by atoms with van der Waals surface area (Å²) in [5, 5.41) is 27.2. The first kappa shape index (κ1) is 36.5. The van der Waals surface area contributed by atoms with Crippen molar-refractivity contribution in [2.45, 2.75) is 0 Å². The minimum absolute atomic E-state index is 0. The van der Waals surface area contributed by atoms with E-state index in [-0.39, 0.29) is 8.56 Å². The molecule has 0 amide bonds. The molecule has 0 unspecified atom stereocenters. The highest BCUT2D eigenvalue weighted by atomic mass is 79.9. The summed E-state index contributed by atoms with van der Waals surface area (Å²) in [4.78, 5) is 0. The van der Waals surface area contributed by atoms with Crippen molar-refractivity contribution in [3.8, 4) is 34.6 Å².